The molecule has 8 heteroatoms. The predicted octanol–water partition coefficient (Wildman–Crippen LogP) is 1.62. The summed E-state index contributed by atoms with van der Waals surface area (Å²) >= 11 is 0. The minimum absolute atomic E-state index is 0. The molecular weight excluding hydrogens is 407 g/mol. The Balaban J connectivity index is 0.00000264. The van der Waals surface area contributed by atoms with Gasteiger partial charge in [-0.05, 0) is 24.1 Å². The Bertz CT molecular complexity index is 655. The number of nitrogens with one attached hydrogen (secondary N) is 2. The van der Waals surface area contributed by atoms with Crippen molar-refractivity contribution in [2.45, 2.75) is 20.0 Å². The molecule has 0 spiro atoms. The topological polar surface area (TPSA) is 76.4 Å². The first kappa shape index (κ1) is 19.2. The highest BCUT2D eigenvalue weighted by Gasteiger charge is 2.04. The van der Waals surface area contributed by atoms with Gasteiger partial charge in [-0.15, -0.1) is 24.0 Å². The van der Waals surface area contributed by atoms with Crippen molar-refractivity contribution >= 4 is 29.9 Å². The third-order valence-electron chi connectivity index (χ3n) is 3.36. The monoisotopic (exact) mass is 430 g/mol. The van der Waals surface area contributed by atoms with Gasteiger partial charge >= 0.3 is 0 Å². The van der Waals surface area contributed by atoms with Crippen LogP contribution >= 0.6 is 24.0 Å². The molecule has 0 unspecified atom stereocenters. The molecule has 126 valence electrons. The highest BCUT2D eigenvalue weighted by atomic mass is 127. The summed E-state index contributed by atoms with van der Waals surface area (Å²) in [6, 6.07) is 6.11. The van der Waals surface area contributed by atoms with Gasteiger partial charge in [0, 0.05) is 20.6 Å². The fourth-order valence-electron chi connectivity index (χ4n) is 2.10. The summed E-state index contributed by atoms with van der Waals surface area (Å²) in [5, 5.41) is 10.5. The van der Waals surface area contributed by atoms with Crippen molar-refractivity contribution in [3.8, 4) is 5.75 Å². The van der Waals surface area contributed by atoms with Gasteiger partial charge in [0.25, 0.3) is 0 Å². The highest BCUT2D eigenvalue weighted by Crippen LogP contribution is 2.18. The summed E-state index contributed by atoms with van der Waals surface area (Å²) in [4.78, 5) is 8.36. The lowest BCUT2D eigenvalue weighted by Gasteiger charge is -2.12. The maximum Gasteiger partial charge on any atom is 0.191 e. The van der Waals surface area contributed by atoms with Crippen molar-refractivity contribution < 1.29 is 4.74 Å². The molecule has 1 heterocycles. The molecule has 1 aromatic heterocycles. The van der Waals surface area contributed by atoms with Gasteiger partial charge in [-0.25, -0.2) is 4.98 Å². The van der Waals surface area contributed by atoms with Crippen LogP contribution in [0.25, 0.3) is 0 Å². The van der Waals surface area contributed by atoms with Crippen molar-refractivity contribution in [1.29, 1.82) is 0 Å². The largest absolute Gasteiger partial charge is 0.496 e. The van der Waals surface area contributed by atoms with E-state index in [9.17, 15) is 0 Å². The highest BCUT2D eigenvalue weighted by molar-refractivity contribution is 14.0. The van der Waals surface area contributed by atoms with Crippen LogP contribution < -0.4 is 15.4 Å². The van der Waals surface area contributed by atoms with Crippen LogP contribution in [-0.4, -0.2) is 34.9 Å². The van der Waals surface area contributed by atoms with E-state index in [1.54, 1.807) is 18.8 Å². The van der Waals surface area contributed by atoms with Gasteiger partial charge in [0.15, 0.2) is 5.96 Å². The molecule has 0 aliphatic rings. The number of methoxy groups -OCH3 is 1. The van der Waals surface area contributed by atoms with Crippen molar-refractivity contribution in [2.75, 3.05) is 14.2 Å². The lowest BCUT2D eigenvalue weighted by Crippen LogP contribution is -2.36. The van der Waals surface area contributed by atoms with Crippen LogP contribution in [0.1, 0.15) is 17.0 Å². The van der Waals surface area contributed by atoms with E-state index in [1.165, 1.54) is 11.9 Å². The molecule has 7 nitrogen and oxygen atoms in total. The number of aliphatic imine (C=N–C) groups is 1. The number of guanidine groups is 1. The normalized spacial score (nSPS) is 10.9. The van der Waals surface area contributed by atoms with Gasteiger partial charge in [0.2, 0.25) is 0 Å². The molecule has 2 rings (SSSR count). The van der Waals surface area contributed by atoms with E-state index in [0.29, 0.717) is 13.1 Å². The van der Waals surface area contributed by atoms with Crippen LogP contribution in [0.2, 0.25) is 0 Å². The summed E-state index contributed by atoms with van der Waals surface area (Å²) in [5.74, 6) is 2.47. The van der Waals surface area contributed by atoms with E-state index in [0.717, 1.165) is 23.1 Å². The summed E-state index contributed by atoms with van der Waals surface area (Å²) in [6.07, 6.45) is 1.54. The molecule has 0 aliphatic heterocycles. The molecule has 0 amide bonds. The molecule has 0 aliphatic carbocycles. The molecular formula is C15H23IN6O. The van der Waals surface area contributed by atoms with Crippen molar-refractivity contribution in [3.05, 3.63) is 41.5 Å². The van der Waals surface area contributed by atoms with E-state index in [2.05, 4.69) is 31.8 Å². The fraction of sp³-hybridized carbons (Fsp3) is 0.400. The minimum Gasteiger partial charge on any atom is -0.496 e. The zero-order valence-electron chi connectivity index (χ0n) is 13.8. The molecule has 0 atom stereocenters. The van der Waals surface area contributed by atoms with Crippen molar-refractivity contribution in [3.63, 3.8) is 0 Å². The molecule has 0 radical (unpaired) electrons. The summed E-state index contributed by atoms with van der Waals surface area (Å²) in [7, 11) is 5.28. The second kappa shape index (κ2) is 9.33. The average molecular weight is 430 g/mol. The molecule has 2 aromatic rings. The number of rotatable bonds is 5. The van der Waals surface area contributed by atoms with Crippen LogP contribution in [-0.2, 0) is 20.1 Å². The van der Waals surface area contributed by atoms with E-state index >= 15 is 0 Å². The third-order valence-corrected chi connectivity index (χ3v) is 3.36. The van der Waals surface area contributed by atoms with Gasteiger partial charge in [-0.2, -0.15) is 5.10 Å². The molecule has 0 saturated carbocycles. The molecule has 0 fully saturated rings. The predicted molar refractivity (Wildman–Crippen MR) is 101 cm³/mol. The fourth-order valence-corrected chi connectivity index (χ4v) is 2.10. The Hall–Kier alpha value is -1.84. The second-order valence-electron chi connectivity index (χ2n) is 4.88. The average Bonchev–Trinajstić information content (AvgIpc) is 2.93. The van der Waals surface area contributed by atoms with E-state index < -0.39 is 0 Å². The lowest BCUT2D eigenvalue weighted by atomic mass is 10.1. The number of halogens is 1. The van der Waals surface area contributed by atoms with Gasteiger partial charge < -0.3 is 15.4 Å². The zero-order chi connectivity index (χ0) is 15.9. The summed E-state index contributed by atoms with van der Waals surface area (Å²) < 4.78 is 7.00. The summed E-state index contributed by atoms with van der Waals surface area (Å²) in [6.45, 7) is 3.28. The third kappa shape index (κ3) is 5.38. The van der Waals surface area contributed by atoms with Crippen LogP contribution in [0.3, 0.4) is 0 Å². The van der Waals surface area contributed by atoms with Crippen LogP contribution in [0.4, 0.5) is 0 Å². The Kier molecular flexibility index (Phi) is 7.79. The first-order chi connectivity index (χ1) is 10.6. The van der Waals surface area contributed by atoms with Crippen LogP contribution in [0.15, 0.2) is 29.5 Å². The minimum atomic E-state index is 0. The lowest BCUT2D eigenvalue weighted by molar-refractivity contribution is 0.411. The van der Waals surface area contributed by atoms with Gasteiger partial charge in [-0.3, -0.25) is 9.67 Å². The molecule has 1 aromatic carbocycles. The van der Waals surface area contributed by atoms with E-state index in [4.69, 9.17) is 4.74 Å². The molecule has 2 N–H and O–H groups in total. The van der Waals surface area contributed by atoms with Crippen LogP contribution in [0.5, 0.6) is 5.75 Å². The molecule has 0 saturated heterocycles. The van der Waals surface area contributed by atoms with Gasteiger partial charge in [-0.1, -0.05) is 12.1 Å². The number of aryl methyl sites for hydroxylation is 2. The maximum atomic E-state index is 5.27. The molecule has 0 bridgehead atoms. The van der Waals surface area contributed by atoms with E-state index in [-0.39, 0.29) is 24.0 Å². The Morgan fingerprint density at radius 2 is 2.04 bits per heavy atom. The standard InChI is InChI=1S/C15H22N6O.HI/c1-11-7-12(5-6-13(11)22-4)8-17-15(16-2)18-9-14-19-10-20-21(14)3;/h5-7,10H,8-9H2,1-4H3,(H2,16,17,18);1H. The van der Waals surface area contributed by atoms with Crippen molar-refractivity contribution in [1.82, 2.24) is 25.4 Å². The van der Waals surface area contributed by atoms with E-state index in [1.807, 2.05) is 26.1 Å². The second-order valence-corrected chi connectivity index (χ2v) is 4.88. The first-order valence-electron chi connectivity index (χ1n) is 7.05. The number of nitrogens with zero attached hydrogens (tertiary/aromatic N) is 4. The Morgan fingerprint density at radius 3 is 2.61 bits per heavy atom. The first-order valence-corrected chi connectivity index (χ1v) is 7.05. The Morgan fingerprint density at radius 1 is 1.30 bits per heavy atom. The zero-order valence-corrected chi connectivity index (χ0v) is 16.2. The maximum absolute atomic E-state index is 5.27. The quantitative estimate of drug-likeness (QED) is 0.429. The van der Waals surface area contributed by atoms with Gasteiger partial charge in [0.05, 0.1) is 13.7 Å². The van der Waals surface area contributed by atoms with Crippen LogP contribution in [0, 0.1) is 6.92 Å². The molecule has 23 heavy (non-hydrogen) atoms. The van der Waals surface area contributed by atoms with Crippen molar-refractivity contribution in [2.24, 2.45) is 12.0 Å². The smallest absolute Gasteiger partial charge is 0.191 e. The number of ether oxygens (including phenoxy) is 1. The number of hydrogen-bond donors (Lipinski definition) is 2. The Labute approximate surface area is 153 Å². The van der Waals surface area contributed by atoms with Gasteiger partial charge in [0.1, 0.15) is 17.9 Å². The number of benzene rings is 1. The number of hydrogen-bond acceptors (Lipinski definition) is 4. The summed E-state index contributed by atoms with van der Waals surface area (Å²) in [5.41, 5.74) is 2.28. The number of aromatic nitrogens is 3. The SMILES string of the molecule is CN=C(NCc1ccc(OC)c(C)c1)NCc1ncnn1C.I.